The molecule has 0 radical (unpaired) electrons. The van der Waals surface area contributed by atoms with Gasteiger partial charge in [0.05, 0.1) is 6.33 Å². The van der Waals surface area contributed by atoms with Gasteiger partial charge in [0.2, 0.25) is 0 Å². The van der Waals surface area contributed by atoms with E-state index in [9.17, 15) is 0 Å². The van der Waals surface area contributed by atoms with Gasteiger partial charge in [0, 0.05) is 18.9 Å². The first kappa shape index (κ1) is 8.05. The third kappa shape index (κ3) is 1.78. The zero-order valence-electron chi connectivity index (χ0n) is 7.64. The molecule has 0 saturated carbocycles. The summed E-state index contributed by atoms with van der Waals surface area (Å²) in [7, 11) is 0. The topological polar surface area (TPSA) is 17.8 Å². The Bertz CT molecular complexity index is 377. The number of hydrogen-bond donors (Lipinski definition) is 0. The number of aromatic nitrogens is 2. The maximum atomic E-state index is 4.01. The van der Waals surface area contributed by atoms with E-state index >= 15 is 0 Å². The highest BCUT2D eigenvalue weighted by Crippen LogP contribution is 2.08. The van der Waals surface area contributed by atoms with Crippen LogP contribution in [-0.4, -0.2) is 9.55 Å². The Morgan fingerprint density at radius 3 is 2.85 bits per heavy atom. The number of nitrogens with zero attached hydrogens (tertiary/aromatic N) is 2. The van der Waals surface area contributed by atoms with Gasteiger partial charge in [-0.15, -0.1) is 0 Å². The van der Waals surface area contributed by atoms with Crippen LogP contribution in [0.15, 0.2) is 43.0 Å². The SMILES string of the molecule is Cc1ccccc1Cn1ccnc1. The van der Waals surface area contributed by atoms with Gasteiger partial charge in [-0.25, -0.2) is 4.98 Å². The molecule has 0 atom stereocenters. The van der Waals surface area contributed by atoms with Gasteiger partial charge < -0.3 is 4.57 Å². The van der Waals surface area contributed by atoms with E-state index in [4.69, 9.17) is 0 Å². The number of benzene rings is 1. The van der Waals surface area contributed by atoms with Crippen molar-refractivity contribution in [3.05, 3.63) is 54.1 Å². The molecular weight excluding hydrogens is 160 g/mol. The fourth-order valence-corrected chi connectivity index (χ4v) is 1.36. The van der Waals surface area contributed by atoms with Gasteiger partial charge in [0.15, 0.2) is 0 Å². The monoisotopic (exact) mass is 172 g/mol. The Kier molecular flexibility index (Phi) is 2.13. The minimum Gasteiger partial charge on any atom is -0.333 e. The van der Waals surface area contributed by atoms with Crippen molar-refractivity contribution in [1.82, 2.24) is 9.55 Å². The molecule has 13 heavy (non-hydrogen) atoms. The second kappa shape index (κ2) is 3.44. The molecular formula is C11H12N2. The van der Waals surface area contributed by atoms with Crippen LogP contribution in [0, 0.1) is 6.92 Å². The second-order valence-electron chi connectivity index (χ2n) is 3.16. The zero-order valence-corrected chi connectivity index (χ0v) is 7.64. The normalized spacial score (nSPS) is 10.2. The molecule has 2 aromatic rings. The standard InChI is InChI=1S/C11H12N2/c1-10-4-2-3-5-11(10)8-13-7-6-12-9-13/h2-7,9H,8H2,1H3. The van der Waals surface area contributed by atoms with E-state index in [1.165, 1.54) is 11.1 Å². The summed E-state index contributed by atoms with van der Waals surface area (Å²) in [6.07, 6.45) is 5.62. The van der Waals surface area contributed by atoms with Crippen LogP contribution >= 0.6 is 0 Å². The molecule has 0 aliphatic carbocycles. The van der Waals surface area contributed by atoms with Crippen molar-refractivity contribution >= 4 is 0 Å². The predicted molar refractivity (Wildman–Crippen MR) is 52.5 cm³/mol. The van der Waals surface area contributed by atoms with Crippen LogP contribution in [0.1, 0.15) is 11.1 Å². The van der Waals surface area contributed by atoms with Crippen molar-refractivity contribution < 1.29 is 0 Å². The summed E-state index contributed by atoms with van der Waals surface area (Å²) >= 11 is 0. The molecule has 0 bridgehead atoms. The van der Waals surface area contributed by atoms with Crippen molar-refractivity contribution in [3.8, 4) is 0 Å². The van der Waals surface area contributed by atoms with E-state index in [1.807, 2.05) is 12.5 Å². The van der Waals surface area contributed by atoms with Crippen molar-refractivity contribution in [2.24, 2.45) is 0 Å². The van der Waals surface area contributed by atoms with Gasteiger partial charge in [0.25, 0.3) is 0 Å². The molecule has 0 unspecified atom stereocenters. The molecule has 1 heterocycles. The van der Waals surface area contributed by atoms with E-state index in [2.05, 4.69) is 40.7 Å². The Labute approximate surface area is 77.9 Å². The molecule has 2 heteroatoms. The van der Waals surface area contributed by atoms with E-state index in [0.717, 1.165) is 6.54 Å². The fraction of sp³-hybridized carbons (Fsp3) is 0.182. The highest BCUT2D eigenvalue weighted by Gasteiger charge is 1.96. The molecule has 66 valence electrons. The third-order valence-corrected chi connectivity index (χ3v) is 2.17. The van der Waals surface area contributed by atoms with Crippen LogP contribution in [0.25, 0.3) is 0 Å². The van der Waals surface area contributed by atoms with Gasteiger partial charge in [-0.2, -0.15) is 0 Å². The lowest BCUT2D eigenvalue weighted by atomic mass is 10.1. The van der Waals surface area contributed by atoms with Crippen LogP contribution in [0.3, 0.4) is 0 Å². The lowest BCUT2D eigenvalue weighted by molar-refractivity contribution is 0.792. The average molecular weight is 172 g/mol. The molecule has 0 saturated heterocycles. The molecule has 2 nitrogen and oxygen atoms in total. The Balaban J connectivity index is 2.24. The molecule has 0 amide bonds. The summed E-state index contributed by atoms with van der Waals surface area (Å²) in [4.78, 5) is 4.01. The summed E-state index contributed by atoms with van der Waals surface area (Å²) in [5.74, 6) is 0. The molecule has 2 rings (SSSR count). The van der Waals surface area contributed by atoms with E-state index in [0.29, 0.717) is 0 Å². The zero-order chi connectivity index (χ0) is 9.10. The van der Waals surface area contributed by atoms with Gasteiger partial charge in [0.1, 0.15) is 0 Å². The highest BCUT2D eigenvalue weighted by atomic mass is 15.0. The lowest BCUT2D eigenvalue weighted by Gasteiger charge is -2.05. The average Bonchev–Trinajstić information content (AvgIpc) is 2.61. The predicted octanol–water partition coefficient (Wildman–Crippen LogP) is 2.24. The van der Waals surface area contributed by atoms with Crippen molar-refractivity contribution in [2.45, 2.75) is 13.5 Å². The molecule has 0 fully saturated rings. The molecule has 1 aromatic carbocycles. The first-order chi connectivity index (χ1) is 6.36. The van der Waals surface area contributed by atoms with Crippen LogP contribution in [0.5, 0.6) is 0 Å². The number of aryl methyl sites for hydroxylation is 1. The Morgan fingerprint density at radius 2 is 2.15 bits per heavy atom. The molecule has 0 aliphatic heterocycles. The molecule has 0 spiro atoms. The van der Waals surface area contributed by atoms with Gasteiger partial charge in [-0.1, -0.05) is 24.3 Å². The second-order valence-corrected chi connectivity index (χ2v) is 3.16. The van der Waals surface area contributed by atoms with Crippen molar-refractivity contribution in [1.29, 1.82) is 0 Å². The number of rotatable bonds is 2. The van der Waals surface area contributed by atoms with Crippen LogP contribution in [-0.2, 0) is 6.54 Å². The van der Waals surface area contributed by atoms with E-state index in [-0.39, 0.29) is 0 Å². The van der Waals surface area contributed by atoms with E-state index < -0.39 is 0 Å². The largest absolute Gasteiger partial charge is 0.333 e. The summed E-state index contributed by atoms with van der Waals surface area (Å²) in [5.41, 5.74) is 2.68. The maximum Gasteiger partial charge on any atom is 0.0949 e. The number of hydrogen-bond acceptors (Lipinski definition) is 1. The fourth-order valence-electron chi connectivity index (χ4n) is 1.36. The first-order valence-electron chi connectivity index (χ1n) is 4.36. The van der Waals surface area contributed by atoms with Crippen LogP contribution < -0.4 is 0 Å². The highest BCUT2D eigenvalue weighted by molar-refractivity contribution is 5.25. The minimum absolute atomic E-state index is 0.909. The lowest BCUT2D eigenvalue weighted by Crippen LogP contribution is -1.97. The van der Waals surface area contributed by atoms with Crippen molar-refractivity contribution in [3.63, 3.8) is 0 Å². The van der Waals surface area contributed by atoms with E-state index in [1.54, 1.807) is 6.20 Å². The summed E-state index contributed by atoms with van der Waals surface area (Å²) < 4.78 is 2.07. The van der Waals surface area contributed by atoms with Gasteiger partial charge in [-0.05, 0) is 18.1 Å². The molecule has 1 aromatic heterocycles. The quantitative estimate of drug-likeness (QED) is 0.679. The third-order valence-electron chi connectivity index (χ3n) is 2.17. The summed E-state index contributed by atoms with van der Waals surface area (Å²) in [6, 6.07) is 8.41. The minimum atomic E-state index is 0.909. The van der Waals surface area contributed by atoms with Gasteiger partial charge >= 0.3 is 0 Å². The number of imidazole rings is 1. The maximum absolute atomic E-state index is 4.01. The summed E-state index contributed by atoms with van der Waals surface area (Å²) in [6.45, 7) is 3.04. The van der Waals surface area contributed by atoms with Crippen LogP contribution in [0.4, 0.5) is 0 Å². The summed E-state index contributed by atoms with van der Waals surface area (Å²) in [5, 5.41) is 0. The Hall–Kier alpha value is -1.57. The molecule has 0 N–H and O–H groups in total. The Morgan fingerprint density at radius 1 is 1.31 bits per heavy atom. The van der Waals surface area contributed by atoms with Gasteiger partial charge in [-0.3, -0.25) is 0 Å². The molecule has 0 aliphatic rings. The smallest absolute Gasteiger partial charge is 0.0949 e. The van der Waals surface area contributed by atoms with Crippen molar-refractivity contribution in [2.75, 3.05) is 0 Å². The van der Waals surface area contributed by atoms with Crippen LogP contribution in [0.2, 0.25) is 0 Å². The first-order valence-corrected chi connectivity index (χ1v) is 4.36.